The fourth-order valence-corrected chi connectivity index (χ4v) is 2.45. The zero-order chi connectivity index (χ0) is 18.5. The molecule has 134 valence electrons. The summed E-state index contributed by atoms with van der Waals surface area (Å²) in [7, 11) is 3.32. The zero-order valence-electron chi connectivity index (χ0n) is 14.4. The maximum Gasteiger partial charge on any atom is 0.248 e. The summed E-state index contributed by atoms with van der Waals surface area (Å²) in [6.07, 6.45) is 0.300. The van der Waals surface area contributed by atoms with Crippen molar-refractivity contribution in [2.75, 3.05) is 7.05 Å². The molecule has 2 heterocycles. The first-order valence-corrected chi connectivity index (χ1v) is 7.95. The normalized spacial score (nSPS) is 11.6. The molecule has 0 saturated heterocycles. The van der Waals surface area contributed by atoms with E-state index in [1.165, 1.54) is 16.9 Å². The van der Waals surface area contributed by atoms with Crippen molar-refractivity contribution in [3.63, 3.8) is 0 Å². The first-order chi connectivity index (χ1) is 12.5. The number of benzene rings is 1. The molecule has 3 aromatic rings. The van der Waals surface area contributed by atoms with E-state index in [0.717, 1.165) is 0 Å². The van der Waals surface area contributed by atoms with Gasteiger partial charge in [-0.1, -0.05) is 18.2 Å². The van der Waals surface area contributed by atoms with Crippen LogP contribution in [0.2, 0.25) is 0 Å². The third-order valence-corrected chi connectivity index (χ3v) is 3.76. The van der Waals surface area contributed by atoms with Crippen LogP contribution < -0.4 is 10.9 Å². The fourth-order valence-electron chi connectivity index (χ4n) is 2.45. The van der Waals surface area contributed by atoms with Crippen LogP contribution in [-0.2, 0) is 20.0 Å². The van der Waals surface area contributed by atoms with Crippen molar-refractivity contribution in [2.45, 2.75) is 13.0 Å². The number of pyridine rings is 1. The number of nitrogens with one attached hydrogen (secondary N) is 2. The molecule has 2 N–H and O–H groups in total. The average Bonchev–Trinajstić information content (AvgIpc) is 3.05. The van der Waals surface area contributed by atoms with Crippen LogP contribution in [-0.4, -0.2) is 38.1 Å². The highest BCUT2D eigenvalue weighted by Gasteiger charge is 2.10. The van der Waals surface area contributed by atoms with Crippen LogP contribution in [0.4, 0.5) is 4.39 Å². The van der Waals surface area contributed by atoms with E-state index < -0.39 is 0 Å². The predicted molar refractivity (Wildman–Crippen MR) is 95.2 cm³/mol. The predicted octanol–water partition coefficient (Wildman–Crippen LogP) is 1.07. The first-order valence-electron chi connectivity index (χ1n) is 7.95. The minimum absolute atomic E-state index is 0.228. The minimum atomic E-state index is -0.368. The quantitative estimate of drug-likeness (QED) is 0.527. The van der Waals surface area contributed by atoms with E-state index >= 15 is 0 Å². The fraction of sp³-hybridized carbons (Fsp3) is 0.235. The largest absolute Gasteiger partial charge is 0.366 e. The van der Waals surface area contributed by atoms with Crippen molar-refractivity contribution < 1.29 is 4.39 Å². The molecule has 0 saturated carbocycles. The van der Waals surface area contributed by atoms with E-state index in [1.54, 1.807) is 38.4 Å². The van der Waals surface area contributed by atoms with E-state index in [0.29, 0.717) is 41.4 Å². The lowest BCUT2D eigenvalue weighted by atomic mass is 10.1. The summed E-state index contributed by atoms with van der Waals surface area (Å²) in [4.78, 5) is 19.6. The Bertz CT molecular complexity index is 993. The number of hydrogen-bond donors (Lipinski definition) is 2. The maximum absolute atomic E-state index is 14.5. The van der Waals surface area contributed by atoms with Crippen molar-refractivity contribution in [1.82, 2.24) is 30.5 Å². The molecule has 8 nitrogen and oxygen atoms in total. The number of aryl methyl sites for hydroxylation is 1. The maximum atomic E-state index is 14.5. The van der Waals surface area contributed by atoms with Crippen LogP contribution >= 0.6 is 0 Å². The van der Waals surface area contributed by atoms with Crippen LogP contribution in [0.5, 0.6) is 0 Å². The van der Waals surface area contributed by atoms with E-state index in [4.69, 9.17) is 0 Å². The summed E-state index contributed by atoms with van der Waals surface area (Å²) in [5, 5.41) is 14.8. The zero-order valence-corrected chi connectivity index (χ0v) is 14.4. The van der Waals surface area contributed by atoms with Crippen LogP contribution in [0, 0.1) is 5.82 Å². The second-order valence-corrected chi connectivity index (χ2v) is 5.63. The van der Waals surface area contributed by atoms with Crippen LogP contribution in [0.15, 0.2) is 46.2 Å². The lowest BCUT2D eigenvalue weighted by Crippen LogP contribution is -2.26. The summed E-state index contributed by atoms with van der Waals surface area (Å²) in [5.41, 5.74) is 1.44. The van der Waals surface area contributed by atoms with Crippen LogP contribution in [0.25, 0.3) is 11.3 Å². The number of aromatic amines is 1. The summed E-state index contributed by atoms with van der Waals surface area (Å²) in [6.45, 7) is 0.353. The minimum Gasteiger partial charge on any atom is -0.366 e. The van der Waals surface area contributed by atoms with Gasteiger partial charge in [0.25, 0.3) is 0 Å². The number of H-pyrrole nitrogens is 1. The Labute approximate surface area is 148 Å². The van der Waals surface area contributed by atoms with Gasteiger partial charge in [-0.05, 0) is 22.9 Å². The third kappa shape index (κ3) is 4.18. The molecule has 0 fully saturated rings. The molecule has 0 unspecified atom stereocenters. The molecule has 0 aliphatic carbocycles. The summed E-state index contributed by atoms with van der Waals surface area (Å²) >= 11 is 0. The smallest absolute Gasteiger partial charge is 0.248 e. The number of aliphatic imine (C=N–C) groups is 1. The molecular formula is C17H18FN7O. The average molecular weight is 355 g/mol. The van der Waals surface area contributed by atoms with Gasteiger partial charge in [-0.25, -0.2) is 4.39 Å². The monoisotopic (exact) mass is 355 g/mol. The summed E-state index contributed by atoms with van der Waals surface area (Å²) in [5.74, 6) is 0.766. The van der Waals surface area contributed by atoms with Crippen LogP contribution in [0.1, 0.15) is 11.4 Å². The molecule has 1 aromatic carbocycles. The van der Waals surface area contributed by atoms with Gasteiger partial charge in [0.1, 0.15) is 11.7 Å². The summed E-state index contributed by atoms with van der Waals surface area (Å²) < 4.78 is 14.5. The van der Waals surface area contributed by atoms with E-state index in [1.807, 2.05) is 0 Å². The SMILES string of the molecule is CN=C(Cc1ccc(-c2cccc(=O)[nH]2)cc1F)NCc1nnn(C)n1. The highest BCUT2D eigenvalue weighted by Crippen LogP contribution is 2.19. The Morgan fingerprint density at radius 3 is 2.85 bits per heavy atom. The number of hydrogen-bond acceptors (Lipinski definition) is 5. The molecular weight excluding hydrogens is 337 g/mol. The van der Waals surface area contributed by atoms with Crippen molar-refractivity contribution in [3.05, 3.63) is 64.0 Å². The van der Waals surface area contributed by atoms with Crippen molar-refractivity contribution in [1.29, 1.82) is 0 Å². The van der Waals surface area contributed by atoms with E-state index in [2.05, 4.69) is 30.7 Å². The Morgan fingerprint density at radius 2 is 2.19 bits per heavy atom. The van der Waals surface area contributed by atoms with Gasteiger partial charge in [0.2, 0.25) is 5.56 Å². The molecule has 3 rings (SSSR count). The van der Waals surface area contributed by atoms with Gasteiger partial charge in [-0.3, -0.25) is 9.79 Å². The second kappa shape index (κ2) is 7.68. The molecule has 0 amide bonds. The summed E-state index contributed by atoms with van der Waals surface area (Å²) in [6, 6.07) is 9.62. The lowest BCUT2D eigenvalue weighted by molar-refractivity contribution is 0.615. The topological polar surface area (TPSA) is 101 Å². The molecule has 0 bridgehead atoms. The highest BCUT2D eigenvalue weighted by molar-refractivity contribution is 5.84. The number of rotatable bonds is 5. The van der Waals surface area contributed by atoms with Crippen LogP contribution in [0.3, 0.4) is 0 Å². The second-order valence-electron chi connectivity index (χ2n) is 5.63. The van der Waals surface area contributed by atoms with Gasteiger partial charge < -0.3 is 10.3 Å². The molecule has 26 heavy (non-hydrogen) atoms. The first kappa shape index (κ1) is 17.5. The number of halogens is 1. The molecule has 2 aromatic heterocycles. The van der Waals surface area contributed by atoms with Crippen molar-refractivity contribution in [3.8, 4) is 11.3 Å². The van der Waals surface area contributed by atoms with Gasteiger partial charge in [0.15, 0.2) is 5.82 Å². The van der Waals surface area contributed by atoms with Gasteiger partial charge in [0, 0.05) is 30.8 Å². The van der Waals surface area contributed by atoms with Gasteiger partial charge in [0.05, 0.1) is 13.6 Å². The number of nitrogens with zero attached hydrogens (tertiary/aromatic N) is 5. The molecule has 9 heteroatoms. The lowest BCUT2D eigenvalue weighted by Gasteiger charge is -2.10. The Balaban J connectivity index is 1.71. The standard InChI is InChI=1S/C17H18FN7O/c1-19-15(20-10-16-22-24-25(2)23-16)9-11-6-7-12(8-13(11)18)14-4-3-5-17(26)21-14/h3-8H,9-10H2,1-2H3,(H,19,20)(H,21,26). The number of aromatic nitrogens is 5. The van der Waals surface area contributed by atoms with E-state index in [-0.39, 0.29) is 11.4 Å². The number of amidine groups is 1. The number of tetrazole rings is 1. The van der Waals surface area contributed by atoms with Gasteiger partial charge >= 0.3 is 0 Å². The Kier molecular flexibility index (Phi) is 5.16. The molecule has 0 radical (unpaired) electrons. The third-order valence-electron chi connectivity index (χ3n) is 3.76. The van der Waals surface area contributed by atoms with Crippen molar-refractivity contribution in [2.24, 2.45) is 12.0 Å². The van der Waals surface area contributed by atoms with Crippen molar-refractivity contribution >= 4 is 5.84 Å². The van der Waals surface area contributed by atoms with E-state index in [9.17, 15) is 9.18 Å². The molecule has 0 atom stereocenters. The van der Waals surface area contributed by atoms with Gasteiger partial charge in [-0.2, -0.15) is 4.80 Å². The molecule has 0 aliphatic heterocycles. The highest BCUT2D eigenvalue weighted by atomic mass is 19.1. The molecule has 0 spiro atoms. The Morgan fingerprint density at radius 1 is 1.35 bits per heavy atom. The van der Waals surface area contributed by atoms with Gasteiger partial charge in [-0.15, -0.1) is 10.2 Å². The Hall–Kier alpha value is -3.36. The molecule has 0 aliphatic rings.